The molecule has 0 amide bonds. The molecule has 0 radical (unpaired) electrons. The van der Waals surface area contributed by atoms with Gasteiger partial charge in [-0.3, -0.25) is 4.90 Å². The Morgan fingerprint density at radius 1 is 1.10 bits per heavy atom. The van der Waals surface area contributed by atoms with Crippen LogP contribution in [0.2, 0.25) is 0 Å². The predicted octanol–water partition coefficient (Wildman–Crippen LogP) is 3.19. The standard InChI is InChI=1S/C19H25NO/c21-14-6-11-16-7-1-2-9-18(16)15-20-13-5-10-17-8-3-4-12-19(17)20/h1-2,7,9,17,19,21H,3-5,8,10,12-15H2. The van der Waals surface area contributed by atoms with Crippen LogP contribution in [0.5, 0.6) is 0 Å². The van der Waals surface area contributed by atoms with Crippen LogP contribution in [0, 0.1) is 17.8 Å². The molecule has 1 heterocycles. The van der Waals surface area contributed by atoms with Crippen LogP contribution in [-0.4, -0.2) is 29.2 Å². The van der Waals surface area contributed by atoms with Crippen molar-refractivity contribution in [2.75, 3.05) is 13.2 Å². The number of aliphatic hydroxyl groups is 1. The van der Waals surface area contributed by atoms with Crippen LogP contribution >= 0.6 is 0 Å². The zero-order valence-corrected chi connectivity index (χ0v) is 12.7. The average molecular weight is 283 g/mol. The zero-order valence-electron chi connectivity index (χ0n) is 12.7. The van der Waals surface area contributed by atoms with Crippen LogP contribution < -0.4 is 0 Å². The third kappa shape index (κ3) is 3.48. The van der Waals surface area contributed by atoms with Gasteiger partial charge in [-0.1, -0.05) is 42.9 Å². The van der Waals surface area contributed by atoms with Gasteiger partial charge in [0, 0.05) is 18.2 Å². The van der Waals surface area contributed by atoms with Crippen molar-refractivity contribution in [1.82, 2.24) is 4.90 Å². The lowest BCUT2D eigenvalue weighted by Crippen LogP contribution is -2.46. The lowest BCUT2D eigenvalue weighted by atomic mass is 9.78. The summed E-state index contributed by atoms with van der Waals surface area (Å²) >= 11 is 0. The molecule has 2 atom stereocenters. The maximum absolute atomic E-state index is 8.91. The molecule has 3 rings (SSSR count). The Labute approximate surface area is 128 Å². The molecule has 112 valence electrons. The number of rotatable bonds is 2. The van der Waals surface area contributed by atoms with Crippen LogP contribution in [0.1, 0.15) is 49.7 Å². The molecule has 1 aliphatic carbocycles. The van der Waals surface area contributed by atoms with Crippen molar-refractivity contribution in [2.24, 2.45) is 5.92 Å². The van der Waals surface area contributed by atoms with Gasteiger partial charge in [0.15, 0.2) is 0 Å². The van der Waals surface area contributed by atoms with Crippen molar-refractivity contribution in [2.45, 2.75) is 51.1 Å². The molecular formula is C19H25NO. The highest BCUT2D eigenvalue weighted by molar-refractivity contribution is 5.41. The lowest BCUT2D eigenvalue weighted by Gasteiger charge is -2.44. The van der Waals surface area contributed by atoms with E-state index in [0.29, 0.717) is 0 Å². The molecule has 0 spiro atoms. The van der Waals surface area contributed by atoms with Crippen LogP contribution in [0.4, 0.5) is 0 Å². The molecule has 2 unspecified atom stereocenters. The van der Waals surface area contributed by atoms with Crippen molar-refractivity contribution >= 4 is 0 Å². The summed E-state index contributed by atoms with van der Waals surface area (Å²) in [6, 6.07) is 9.17. The fraction of sp³-hybridized carbons (Fsp3) is 0.579. The molecule has 0 bridgehead atoms. The summed E-state index contributed by atoms with van der Waals surface area (Å²) in [4.78, 5) is 2.69. The highest BCUT2D eigenvalue weighted by atomic mass is 16.2. The molecule has 1 saturated carbocycles. The SMILES string of the molecule is OCC#Cc1ccccc1CN1CCCC2CCCCC21. The highest BCUT2D eigenvalue weighted by Gasteiger charge is 2.33. The molecule has 2 aliphatic rings. The normalized spacial score (nSPS) is 25.8. The van der Waals surface area contributed by atoms with E-state index in [0.717, 1.165) is 24.1 Å². The smallest absolute Gasteiger partial charge is 0.104 e. The van der Waals surface area contributed by atoms with Crippen molar-refractivity contribution in [3.05, 3.63) is 35.4 Å². The minimum Gasteiger partial charge on any atom is -0.384 e. The first kappa shape index (κ1) is 14.6. The van der Waals surface area contributed by atoms with E-state index < -0.39 is 0 Å². The van der Waals surface area contributed by atoms with Crippen LogP contribution in [-0.2, 0) is 6.54 Å². The maximum atomic E-state index is 8.91. The van der Waals surface area contributed by atoms with Gasteiger partial charge in [-0.2, -0.15) is 0 Å². The van der Waals surface area contributed by atoms with E-state index in [1.807, 2.05) is 6.07 Å². The monoisotopic (exact) mass is 283 g/mol. The fourth-order valence-electron chi connectivity index (χ4n) is 4.06. The second-order valence-electron chi connectivity index (χ2n) is 6.34. The number of benzene rings is 1. The van der Waals surface area contributed by atoms with Gasteiger partial charge in [0.25, 0.3) is 0 Å². The summed E-state index contributed by atoms with van der Waals surface area (Å²) in [6.07, 6.45) is 8.37. The number of piperidine rings is 1. The summed E-state index contributed by atoms with van der Waals surface area (Å²) in [5.74, 6) is 6.80. The second-order valence-corrected chi connectivity index (χ2v) is 6.34. The summed E-state index contributed by atoms with van der Waals surface area (Å²) in [5, 5.41) is 8.91. The first-order chi connectivity index (χ1) is 10.4. The Balaban J connectivity index is 1.76. The molecule has 1 N–H and O–H groups in total. The van der Waals surface area contributed by atoms with Gasteiger partial charge in [0.2, 0.25) is 0 Å². The summed E-state index contributed by atoms with van der Waals surface area (Å²) in [6.45, 7) is 2.17. The van der Waals surface area contributed by atoms with Gasteiger partial charge in [0.05, 0.1) is 0 Å². The third-order valence-corrected chi connectivity index (χ3v) is 5.05. The van der Waals surface area contributed by atoms with Gasteiger partial charge in [0.1, 0.15) is 6.61 Å². The quantitative estimate of drug-likeness (QED) is 0.843. The molecule has 2 fully saturated rings. The Morgan fingerprint density at radius 2 is 1.90 bits per heavy atom. The van der Waals surface area contributed by atoms with E-state index in [4.69, 9.17) is 5.11 Å². The Bertz CT molecular complexity index is 526. The van der Waals surface area contributed by atoms with E-state index in [9.17, 15) is 0 Å². The number of aliphatic hydroxyl groups excluding tert-OH is 1. The van der Waals surface area contributed by atoms with Crippen LogP contribution in [0.3, 0.4) is 0 Å². The topological polar surface area (TPSA) is 23.5 Å². The largest absolute Gasteiger partial charge is 0.384 e. The van der Waals surface area contributed by atoms with Crippen molar-refractivity contribution in [1.29, 1.82) is 0 Å². The molecule has 1 aromatic rings. The van der Waals surface area contributed by atoms with E-state index in [-0.39, 0.29) is 6.61 Å². The Morgan fingerprint density at radius 3 is 2.81 bits per heavy atom. The van der Waals surface area contributed by atoms with Gasteiger partial charge in [-0.25, -0.2) is 0 Å². The minimum absolute atomic E-state index is 0.0667. The van der Waals surface area contributed by atoms with Crippen molar-refractivity contribution < 1.29 is 5.11 Å². The molecule has 2 heteroatoms. The molecule has 2 nitrogen and oxygen atoms in total. The number of likely N-dealkylation sites (tertiary alicyclic amines) is 1. The summed E-state index contributed by atoms with van der Waals surface area (Å²) in [7, 11) is 0. The number of nitrogens with zero attached hydrogens (tertiary/aromatic N) is 1. The maximum Gasteiger partial charge on any atom is 0.104 e. The minimum atomic E-state index is -0.0667. The summed E-state index contributed by atoms with van der Waals surface area (Å²) in [5.41, 5.74) is 2.38. The van der Waals surface area contributed by atoms with Gasteiger partial charge >= 0.3 is 0 Å². The lowest BCUT2D eigenvalue weighted by molar-refractivity contribution is 0.0546. The number of hydrogen-bond acceptors (Lipinski definition) is 2. The van der Waals surface area contributed by atoms with Crippen LogP contribution in [0.15, 0.2) is 24.3 Å². The average Bonchev–Trinajstić information content (AvgIpc) is 2.54. The predicted molar refractivity (Wildman–Crippen MR) is 85.8 cm³/mol. The van der Waals surface area contributed by atoms with Crippen molar-refractivity contribution in [3.8, 4) is 11.8 Å². The summed E-state index contributed by atoms with van der Waals surface area (Å²) < 4.78 is 0. The van der Waals surface area contributed by atoms with Crippen LogP contribution in [0.25, 0.3) is 0 Å². The Hall–Kier alpha value is -1.30. The number of fused-ring (bicyclic) bond motifs is 1. The van der Waals surface area contributed by atoms with Gasteiger partial charge in [-0.05, 0) is 49.8 Å². The fourth-order valence-corrected chi connectivity index (χ4v) is 4.06. The van der Waals surface area contributed by atoms with Crippen molar-refractivity contribution in [3.63, 3.8) is 0 Å². The number of hydrogen-bond donors (Lipinski definition) is 1. The molecule has 0 aromatic heterocycles. The first-order valence-electron chi connectivity index (χ1n) is 8.30. The highest BCUT2D eigenvalue weighted by Crippen LogP contribution is 2.36. The van der Waals surface area contributed by atoms with Gasteiger partial charge < -0.3 is 5.11 Å². The molecular weight excluding hydrogens is 258 g/mol. The van der Waals surface area contributed by atoms with E-state index in [1.54, 1.807) is 0 Å². The van der Waals surface area contributed by atoms with E-state index >= 15 is 0 Å². The molecule has 1 aliphatic heterocycles. The molecule has 21 heavy (non-hydrogen) atoms. The van der Waals surface area contributed by atoms with E-state index in [2.05, 4.69) is 34.9 Å². The zero-order chi connectivity index (χ0) is 14.5. The van der Waals surface area contributed by atoms with E-state index in [1.165, 1.54) is 50.6 Å². The second kappa shape index (κ2) is 7.11. The third-order valence-electron chi connectivity index (χ3n) is 5.05. The molecule has 1 aromatic carbocycles. The van der Waals surface area contributed by atoms with Gasteiger partial charge in [-0.15, -0.1) is 0 Å². The molecule has 1 saturated heterocycles. The first-order valence-corrected chi connectivity index (χ1v) is 8.30. The Kier molecular flexibility index (Phi) is 4.95.